The van der Waals surface area contributed by atoms with E-state index in [1.807, 2.05) is 30.3 Å². The molecular formula is C27H28N4O4. The third-order valence-electron chi connectivity index (χ3n) is 6.12. The number of ether oxygens (including phenoxy) is 1. The van der Waals surface area contributed by atoms with Crippen molar-refractivity contribution >= 4 is 22.7 Å². The van der Waals surface area contributed by atoms with Gasteiger partial charge in [-0.25, -0.2) is 4.79 Å². The second-order valence-corrected chi connectivity index (χ2v) is 9.64. The summed E-state index contributed by atoms with van der Waals surface area (Å²) in [5.74, 6) is -0.123. The number of nitro groups is 1. The SMILES string of the molecule is CCC(C)c1cc(C(C)(C)C)cc(-n2nc3ccccc3n2)c1OC(=O)c1ccc([N+](=O)[O-])cc1. The molecule has 0 spiro atoms. The van der Waals surface area contributed by atoms with Gasteiger partial charge in [-0.05, 0) is 53.6 Å². The first kappa shape index (κ1) is 24.1. The first-order valence-corrected chi connectivity index (χ1v) is 11.6. The number of rotatable bonds is 6. The lowest BCUT2D eigenvalue weighted by atomic mass is 9.83. The summed E-state index contributed by atoms with van der Waals surface area (Å²) in [5, 5.41) is 20.3. The highest BCUT2D eigenvalue weighted by molar-refractivity contribution is 5.92. The van der Waals surface area contributed by atoms with Crippen LogP contribution in [0.4, 0.5) is 5.69 Å². The number of nitrogens with zero attached hydrogens (tertiary/aromatic N) is 4. The van der Waals surface area contributed by atoms with Crippen molar-refractivity contribution in [2.45, 2.75) is 52.4 Å². The lowest BCUT2D eigenvalue weighted by molar-refractivity contribution is -0.384. The Morgan fingerprint density at radius 1 is 1.06 bits per heavy atom. The van der Waals surface area contributed by atoms with Gasteiger partial charge in [0, 0.05) is 17.7 Å². The van der Waals surface area contributed by atoms with Crippen LogP contribution in [0.5, 0.6) is 5.75 Å². The molecule has 0 fully saturated rings. The van der Waals surface area contributed by atoms with Crippen LogP contribution in [0.15, 0.2) is 60.7 Å². The molecule has 3 aromatic carbocycles. The Bertz CT molecular complexity index is 1370. The Kier molecular flexibility index (Phi) is 6.39. The molecule has 4 rings (SSSR count). The third kappa shape index (κ3) is 4.91. The van der Waals surface area contributed by atoms with Crippen molar-refractivity contribution < 1.29 is 14.5 Å². The molecule has 0 aliphatic carbocycles. The van der Waals surface area contributed by atoms with Crippen LogP contribution >= 0.6 is 0 Å². The molecular weight excluding hydrogens is 444 g/mol. The summed E-state index contributed by atoms with van der Waals surface area (Å²) >= 11 is 0. The van der Waals surface area contributed by atoms with Gasteiger partial charge in [-0.3, -0.25) is 10.1 Å². The standard InChI is InChI=1S/C27H28N4O4/c1-6-17(2)21-15-19(27(3,4)5)16-24(30-28-22-9-7-8-10-23(22)29-30)25(21)35-26(32)18-11-13-20(14-12-18)31(33)34/h7-17H,6H2,1-5H3. The Hall–Kier alpha value is -4.07. The molecule has 1 heterocycles. The summed E-state index contributed by atoms with van der Waals surface area (Å²) in [6, 6.07) is 17.0. The van der Waals surface area contributed by atoms with Crippen molar-refractivity contribution in [1.29, 1.82) is 0 Å². The van der Waals surface area contributed by atoms with Gasteiger partial charge < -0.3 is 4.74 Å². The number of carbonyl (C=O) groups excluding carboxylic acids is 1. The van der Waals surface area contributed by atoms with Gasteiger partial charge in [0.05, 0.1) is 10.5 Å². The van der Waals surface area contributed by atoms with Gasteiger partial charge in [0.25, 0.3) is 5.69 Å². The van der Waals surface area contributed by atoms with Crippen LogP contribution in [0.25, 0.3) is 16.7 Å². The van der Waals surface area contributed by atoms with Crippen LogP contribution < -0.4 is 4.74 Å². The van der Waals surface area contributed by atoms with E-state index in [9.17, 15) is 14.9 Å². The van der Waals surface area contributed by atoms with Gasteiger partial charge in [0.2, 0.25) is 0 Å². The van der Waals surface area contributed by atoms with E-state index in [1.54, 1.807) is 0 Å². The Labute approximate surface area is 203 Å². The maximum Gasteiger partial charge on any atom is 0.343 e. The second-order valence-electron chi connectivity index (χ2n) is 9.64. The molecule has 0 bridgehead atoms. The number of benzene rings is 3. The normalized spacial score (nSPS) is 12.5. The first-order chi connectivity index (χ1) is 16.6. The van der Waals surface area contributed by atoms with Gasteiger partial charge in [0.15, 0.2) is 5.75 Å². The highest BCUT2D eigenvalue weighted by Crippen LogP contribution is 2.39. The van der Waals surface area contributed by atoms with Gasteiger partial charge in [0.1, 0.15) is 16.7 Å². The minimum Gasteiger partial charge on any atom is -0.420 e. The zero-order chi connectivity index (χ0) is 25.3. The molecule has 4 aromatic rings. The summed E-state index contributed by atoms with van der Waals surface area (Å²) in [7, 11) is 0. The van der Waals surface area contributed by atoms with Gasteiger partial charge in [-0.15, -0.1) is 15.0 Å². The largest absolute Gasteiger partial charge is 0.420 e. The molecule has 0 aliphatic heterocycles. The first-order valence-electron chi connectivity index (χ1n) is 11.6. The van der Waals surface area contributed by atoms with Crippen LogP contribution in [0.2, 0.25) is 0 Å². The fourth-order valence-electron chi connectivity index (χ4n) is 3.75. The third-order valence-corrected chi connectivity index (χ3v) is 6.12. The summed E-state index contributed by atoms with van der Waals surface area (Å²) in [6.45, 7) is 10.5. The molecule has 1 unspecified atom stereocenters. The highest BCUT2D eigenvalue weighted by Gasteiger charge is 2.26. The maximum atomic E-state index is 13.2. The average molecular weight is 473 g/mol. The molecule has 180 valence electrons. The number of fused-ring (bicyclic) bond motifs is 1. The van der Waals surface area contributed by atoms with E-state index in [0.717, 1.165) is 28.6 Å². The average Bonchev–Trinajstić information content (AvgIpc) is 3.27. The quantitative estimate of drug-likeness (QED) is 0.140. The smallest absolute Gasteiger partial charge is 0.343 e. The van der Waals surface area contributed by atoms with Gasteiger partial charge in [-0.1, -0.05) is 52.8 Å². The molecule has 1 aromatic heterocycles. The van der Waals surface area contributed by atoms with E-state index in [0.29, 0.717) is 11.4 Å². The molecule has 0 radical (unpaired) electrons. The van der Waals surface area contributed by atoms with E-state index >= 15 is 0 Å². The lowest BCUT2D eigenvalue weighted by Gasteiger charge is -2.25. The molecule has 8 heteroatoms. The minimum atomic E-state index is -0.606. The van der Waals surface area contributed by atoms with Crippen LogP contribution in [-0.4, -0.2) is 25.9 Å². The van der Waals surface area contributed by atoms with E-state index in [4.69, 9.17) is 4.74 Å². The fraction of sp³-hybridized carbons (Fsp3) is 0.296. The number of esters is 1. The predicted molar refractivity (Wildman–Crippen MR) is 134 cm³/mol. The number of aromatic nitrogens is 3. The zero-order valence-electron chi connectivity index (χ0n) is 20.5. The molecule has 0 saturated carbocycles. The molecule has 35 heavy (non-hydrogen) atoms. The Morgan fingerprint density at radius 3 is 2.17 bits per heavy atom. The summed E-state index contributed by atoms with van der Waals surface area (Å²) < 4.78 is 5.99. The van der Waals surface area contributed by atoms with Crippen molar-refractivity contribution in [3.8, 4) is 11.4 Å². The van der Waals surface area contributed by atoms with Crippen LogP contribution in [-0.2, 0) is 5.41 Å². The van der Waals surface area contributed by atoms with Crippen molar-refractivity contribution in [1.82, 2.24) is 15.0 Å². The number of carbonyl (C=O) groups is 1. The number of hydrogen-bond donors (Lipinski definition) is 0. The molecule has 1 atom stereocenters. The molecule has 8 nitrogen and oxygen atoms in total. The van der Waals surface area contributed by atoms with Gasteiger partial charge >= 0.3 is 5.97 Å². The minimum absolute atomic E-state index is 0.0931. The lowest BCUT2D eigenvalue weighted by Crippen LogP contribution is -2.18. The number of nitro benzene ring substituents is 1. The van der Waals surface area contributed by atoms with Crippen molar-refractivity contribution in [3.63, 3.8) is 0 Å². The maximum absolute atomic E-state index is 13.2. The number of hydrogen-bond acceptors (Lipinski definition) is 6. The highest BCUT2D eigenvalue weighted by atomic mass is 16.6. The molecule has 0 saturated heterocycles. The van der Waals surface area contributed by atoms with Crippen molar-refractivity contribution in [2.75, 3.05) is 0 Å². The fourth-order valence-corrected chi connectivity index (χ4v) is 3.75. The topological polar surface area (TPSA) is 100 Å². The van der Waals surface area contributed by atoms with Gasteiger partial charge in [-0.2, -0.15) is 0 Å². The summed E-state index contributed by atoms with van der Waals surface area (Å²) in [6.07, 6.45) is 0.837. The van der Waals surface area contributed by atoms with E-state index in [1.165, 1.54) is 29.1 Å². The van der Waals surface area contributed by atoms with Crippen molar-refractivity contribution in [2.24, 2.45) is 0 Å². The second kappa shape index (κ2) is 9.29. The monoisotopic (exact) mass is 472 g/mol. The number of non-ortho nitro benzene ring substituents is 1. The summed E-state index contributed by atoms with van der Waals surface area (Å²) in [4.78, 5) is 25.2. The summed E-state index contributed by atoms with van der Waals surface area (Å²) in [5.41, 5.74) is 3.94. The Balaban J connectivity index is 1.89. The zero-order valence-corrected chi connectivity index (χ0v) is 20.5. The van der Waals surface area contributed by atoms with Crippen LogP contribution in [0, 0.1) is 10.1 Å². The van der Waals surface area contributed by atoms with E-state index in [2.05, 4.69) is 50.9 Å². The van der Waals surface area contributed by atoms with E-state index < -0.39 is 10.9 Å². The van der Waals surface area contributed by atoms with Crippen molar-refractivity contribution in [3.05, 3.63) is 87.5 Å². The van der Waals surface area contributed by atoms with Crippen LogP contribution in [0.1, 0.15) is 68.4 Å². The Morgan fingerprint density at radius 2 is 1.66 bits per heavy atom. The van der Waals surface area contributed by atoms with Crippen LogP contribution in [0.3, 0.4) is 0 Å². The van der Waals surface area contributed by atoms with E-state index in [-0.39, 0.29) is 22.6 Å². The molecule has 0 N–H and O–H groups in total. The predicted octanol–water partition coefficient (Wildman–Crippen LogP) is 6.36. The molecule has 0 aliphatic rings. The molecule has 0 amide bonds.